The van der Waals surface area contributed by atoms with Crippen molar-refractivity contribution in [3.8, 4) is 23.0 Å². The minimum absolute atomic E-state index is 0.0307. The Kier molecular flexibility index (Phi) is 8.61. The van der Waals surface area contributed by atoms with Crippen LogP contribution in [0.25, 0.3) is 0 Å². The standard InChI is InChI=1S/C28H35NO4/c1-19(2)27(21-12-14-23(30-3)25(16-21)32-5)28(29-18-20-10-8-7-9-11-20)22-13-15-24(31-4)26(17-22)33-6/h7-17,19,27-29H,18H2,1-6H3/t27-,28+/m0/s1. The summed E-state index contributed by atoms with van der Waals surface area (Å²) in [4.78, 5) is 0. The molecular weight excluding hydrogens is 414 g/mol. The molecule has 2 atom stereocenters. The Hall–Kier alpha value is -3.18. The van der Waals surface area contributed by atoms with Gasteiger partial charge in [-0.3, -0.25) is 0 Å². The predicted molar refractivity (Wildman–Crippen MR) is 133 cm³/mol. The fourth-order valence-electron chi connectivity index (χ4n) is 4.34. The van der Waals surface area contributed by atoms with Crippen LogP contribution in [0.2, 0.25) is 0 Å². The van der Waals surface area contributed by atoms with E-state index in [-0.39, 0.29) is 12.0 Å². The summed E-state index contributed by atoms with van der Waals surface area (Å²) >= 11 is 0. The highest BCUT2D eigenvalue weighted by molar-refractivity contribution is 5.47. The van der Waals surface area contributed by atoms with Crippen molar-refractivity contribution in [1.29, 1.82) is 0 Å². The lowest BCUT2D eigenvalue weighted by atomic mass is 9.79. The number of benzene rings is 3. The van der Waals surface area contributed by atoms with Gasteiger partial charge in [-0.05, 0) is 46.9 Å². The van der Waals surface area contributed by atoms with Gasteiger partial charge in [0.05, 0.1) is 28.4 Å². The maximum Gasteiger partial charge on any atom is 0.161 e. The Labute approximate surface area is 197 Å². The normalized spacial score (nSPS) is 12.8. The van der Waals surface area contributed by atoms with Crippen LogP contribution in [0.15, 0.2) is 66.7 Å². The number of ether oxygens (including phenoxy) is 4. The molecule has 0 bridgehead atoms. The summed E-state index contributed by atoms with van der Waals surface area (Å²) in [5.74, 6) is 3.42. The van der Waals surface area contributed by atoms with Crippen molar-refractivity contribution in [2.75, 3.05) is 28.4 Å². The molecule has 3 rings (SSSR count). The summed E-state index contributed by atoms with van der Waals surface area (Å²) in [5.41, 5.74) is 3.55. The monoisotopic (exact) mass is 449 g/mol. The van der Waals surface area contributed by atoms with Gasteiger partial charge in [-0.1, -0.05) is 56.3 Å². The molecule has 5 nitrogen and oxygen atoms in total. The maximum atomic E-state index is 5.61. The van der Waals surface area contributed by atoms with Crippen LogP contribution < -0.4 is 24.3 Å². The van der Waals surface area contributed by atoms with Crippen molar-refractivity contribution in [3.05, 3.63) is 83.4 Å². The summed E-state index contributed by atoms with van der Waals surface area (Å²) in [6.07, 6.45) is 0. The lowest BCUT2D eigenvalue weighted by molar-refractivity contribution is 0.341. The molecule has 3 aromatic rings. The zero-order chi connectivity index (χ0) is 23.8. The zero-order valence-electron chi connectivity index (χ0n) is 20.4. The molecule has 0 saturated heterocycles. The number of rotatable bonds is 11. The average Bonchev–Trinajstić information content (AvgIpc) is 2.86. The summed E-state index contributed by atoms with van der Waals surface area (Å²) in [5, 5.41) is 3.82. The largest absolute Gasteiger partial charge is 0.493 e. The third kappa shape index (κ3) is 5.79. The Morgan fingerprint density at radius 3 is 1.67 bits per heavy atom. The second-order valence-electron chi connectivity index (χ2n) is 8.34. The molecule has 0 heterocycles. The zero-order valence-corrected chi connectivity index (χ0v) is 20.4. The van der Waals surface area contributed by atoms with Gasteiger partial charge >= 0.3 is 0 Å². The molecule has 0 aliphatic carbocycles. The number of nitrogens with one attached hydrogen (secondary N) is 1. The van der Waals surface area contributed by atoms with Gasteiger partial charge in [0.2, 0.25) is 0 Å². The van der Waals surface area contributed by atoms with Crippen LogP contribution in [0.3, 0.4) is 0 Å². The molecule has 0 aliphatic heterocycles. The Morgan fingerprint density at radius 2 is 1.15 bits per heavy atom. The van der Waals surface area contributed by atoms with Gasteiger partial charge in [-0.15, -0.1) is 0 Å². The van der Waals surface area contributed by atoms with Gasteiger partial charge in [0.15, 0.2) is 23.0 Å². The predicted octanol–water partition coefficient (Wildman–Crippen LogP) is 5.99. The Morgan fingerprint density at radius 1 is 0.636 bits per heavy atom. The van der Waals surface area contributed by atoms with Crippen LogP contribution in [0.5, 0.6) is 23.0 Å². The highest BCUT2D eigenvalue weighted by Crippen LogP contribution is 2.42. The van der Waals surface area contributed by atoms with Crippen LogP contribution in [0, 0.1) is 5.92 Å². The van der Waals surface area contributed by atoms with E-state index in [1.807, 2.05) is 18.2 Å². The number of hydrogen-bond acceptors (Lipinski definition) is 5. The molecule has 0 amide bonds. The summed E-state index contributed by atoms with van der Waals surface area (Å²) in [6.45, 7) is 5.25. The van der Waals surface area contributed by atoms with E-state index in [1.165, 1.54) is 11.1 Å². The molecule has 0 saturated carbocycles. The summed E-state index contributed by atoms with van der Waals surface area (Å²) in [6, 6.07) is 22.8. The third-order valence-electron chi connectivity index (χ3n) is 6.01. The number of methoxy groups -OCH3 is 4. The quantitative estimate of drug-likeness (QED) is 0.390. The van der Waals surface area contributed by atoms with E-state index in [4.69, 9.17) is 18.9 Å². The highest BCUT2D eigenvalue weighted by Gasteiger charge is 2.29. The summed E-state index contributed by atoms with van der Waals surface area (Å²) in [7, 11) is 6.66. The first kappa shape index (κ1) is 24.5. The van der Waals surface area contributed by atoms with Crippen molar-refractivity contribution in [3.63, 3.8) is 0 Å². The van der Waals surface area contributed by atoms with E-state index in [0.717, 1.165) is 35.1 Å². The van der Waals surface area contributed by atoms with Crippen LogP contribution >= 0.6 is 0 Å². The first-order chi connectivity index (χ1) is 16.0. The fraction of sp³-hybridized carbons (Fsp3) is 0.357. The number of hydrogen-bond donors (Lipinski definition) is 1. The minimum atomic E-state index is 0.0307. The minimum Gasteiger partial charge on any atom is -0.493 e. The lowest BCUT2D eigenvalue weighted by Gasteiger charge is -2.33. The van der Waals surface area contributed by atoms with Crippen LogP contribution in [0.4, 0.5) is 0 Å². The Bertz CT molecular complexity index is 1020. The molecule has 3 aromatic carbocycles. The molecule has 176 valence electrons. The summed E-state index contributed by atoms with van der Waals surface area (Å²) < 4.78 is 22.2. The van der Waals surface area contributed by atoms with E-state index in [2.05, 4.69) is 67.7 Å². The molecule has 1 N–H and O–H groups in total. The molecular formula is C28H35NO4. The molecule has 0 spiro atoms. The van der Waals surface area contributed by atoms with Gasteiger partial charge in [-0.25, -0.2) is 0 Å². The third-order valence-corrected chi connectivity index (χ3v) is 6.01. The van der Waals surface area contributed by atoms with Crippen molar-refractivity contribution in [2.24, 2.45) is 5.92 Å². The van der Waals surface area contributed by atoms with Gasteiger partial charge < -0.3 is 24.3 Å². The Balaban J connectivity index is 2.07. The van der Waals surface area contributed by atoms with Crippen molar-refractivity contribution < 1.29 is 18.9 Å². The van der Waals surface area contributed by atoms with Gasteiger partial charge in [-0.2, -0.15) is 0 Å². The molecule has 0 aromatic heterocycles. The van der Waals surface area contributed by atoms with E-state index >= 15 is 0 Å². The first-order valence-corrected chi connectivity index (χ1v) is 11.2. The fourth-order valence-corrected chi connectivity index (χ4v) is 4.34. The molecule has 33 heavy (non-hydrogen) atoms. The van der Waals surface area contributed by atoms with Crippen LogP contribution in [-0.2, 0) is 6.54 Å². The smallest absolute Gasteiger partial charge is 0.161 e. The van der Waals surface area contributed by atoms with E-state index in [1.54, 1.807) is 28.4 Å². The lowest BCUT2D eigenvalue weighted by Crippen LogP contribution is -2.30. The van der Waals surface area contributed by atoms with Crippen molar-refractivity contribution >= 4 is 0 Å². The van der Waals surface area contributed by atoms with Crippen molar-refractivity contribution in [1.82, 2.24) is 5.32 Å². The first-order valence-electron chi connectivity index (χ1n) is 11.2. The molecule has 0 aliphatic rings. The average molecular weight is 450 g/mol. The maximum absolute atomic E-state index is 5.61. The van der Waals surface area contributed by atoms with Gasteiger partial charge in [0, 0.05) is 18.5 Å². The SMILES string of the molecule is COc1ccc([C@@H](NCc2ccccc2)[C@H](c2ccc(OC)c(OC)c2)C(C)C)cc1OC. The van der Waals surface area contributed by atoms with Crippen LogP contribution in [0.1, 0.15) is 42.5 Å². The van der Waals surface area contributed by atoms with E-state index in [9.17, 15) is 0 Å². The highest BCUT2D eigenvalue weighted by atomic mass is 16.5. The topological polar surface area (TPSA) is 49.0 Å². The van der Waals surface area contributed by atoms with Crippen LogP contribution in [-0.4, -0.2) is 28.4 Å². The van der Waals surface area contributed by atoms with E-state index < -0.39 is 0 Å². The van der Waals surface area contributed by atoms with Gasteiger partial charge in [0.25, 0.3) is 0 Å². The second-order valence-corrected chi connectivity index (χ2v) is 8.34. The second kappa shape index (κ2) is 11.6. The van der Waals surface area contributed by atoms with Crippen molar-refractivity contribution in [2.45, 2.75) is 32.4 Å². The van der Waals surface area contributed by atoms with Gasteiger partial charge in [0.1, 0.15) is 0 Å². The molecule has 0 unspecified atom stereocenters. The molecule has 5 heteroatoms. The molecule has 0 fully saturated rings. The van der Waals surface area contributed by atoms with E-state index in [0.29, 0.717) is 5.92 Å². The molecule has 0 radical (unpaired) electrons.